The number of benzene rings is 1. The van der Waals surface area contributed by atoms with Crippen molar-refractivity contribution in [3.05, 3.63) is 42.5 Å². The fraction of sp³-hybridized carbons (Fsp3) is 0.0833. The molecular weight excluding hydrogens is 230 g/mol. The van der Waals surface area contributed by atoms with Crippen LogP contribution in [-0.2, 0) is 0 Å². The second-order valence-corrected chi connectivity index (χ2v) is 3.95. The lowest BCUT2D eigenvalue weighted by molar-refractivity contribution is 0.458. The lowest BCUT2D eigenvalue weighted by Gasteiger charge is -2.08. The first-order valence-corrected chi connectivity index (χ1v) is 5.42. The van der Waals surface area contributed by atoms with E-state index in [0.717, 1.165) is 11.3 Å². The number of rotatable bonds is 2. The van der Waals surface area contributed by atoms with Crippen molar-refractivity contribution in [2.45, 2.75) is 6.92 Å². The number of fused-ring (bicyclic) bond motifs is 1. The molecule has 2 heterocycles. The quantitative estimate of drug-likeness (QED) is 0.692. The van der Waals surface area contributed by atoms with E-state index in [4.69, 9.17) is 10.5 Å². The first-order chi connectivity index (χ1) is 8.72. The molecule has 0 atom stereocenters. The van der Waals surface area contributed by atoms with Gasteiger partial charge in [-0.15, -0.1) is 10.2 Å². The number of nitrogen functional groups attached to an aromatic ring is 1. The summed E-state index contributed by atoms with van der Waals surface area (Å²) in [5, 5.41) is 7.71. The molecule has 18 heavy (non-hydrogen) atoms. The Hall–Kier alpha value is -2.63. The molecule has 2 aromatic heterocycles. The summed E-state index contributed by atoms with van der Waals surface area (Å²) in [6, 6.07) is 7.19. The van der Waals surface area contributed by atoms with Gasteiger partial charge in [-0.05, 0) is 30.7 Å². The molecule has 0 aliphatic rings. The number of anilines is 1. The van der Waals surface area contributed by atoms with Gasteiger partial charge in [0.2, 0.25) is 5.88 Å². The zero-order valence-corrected chi connectivity index (χ0v) is 9.74. The number of aryl methyl sites for hydroxylation is 1. The van der Waals surface area contributed by atoms with Gasteiger partial charge in [0, 0.05) is 11.8 Å². The van der Waals surface area contributed by atoms with E-state index in [-0.39, 0.29) is 0 Å². The molecule has 0 spiro atoms. The van der Waals surface area contributed by atoms with Crippen LogP contribution in [0.5, 0.6) is 11.6 Å². The number of ether oxygens (including phenoxy) is 1. The molecule has 0 saturated heterocycles. The molecule has 90 valence electrons. The molecular formula is C12H11N5O. The van der Waals surface area contributed by atoms with Crippen LogP contribution in [0.25, 0.3) is 5.65 Å². The third-order valence-electron chi connectivity index (χ3n) is 2.58. The monoisotopic (exact) mass is 241 g/mol. The number of aromatic nitrogens is 4. The molecule has 0 aliphatic heterocycles. The molecule has 0 fully saturated rings. The van der Waals surface area contributed by atoms with E-state index in [9.17, 15) is 0 Å². The van der Waals surface area contributed by atoms with Crippen LogP contribution >= 0.6 is 0 Å². The summed E-state index contributed by atoms with van der Waals surface area (Å²) in [7, 11) is 0. The third-order valence-corrected chi connectivity index (χ3v) is 2.58. The average molecular weight is 241 g/mol. The standard InChI is InChI=1S/C12H11N5O/c1-8-4-9(13)2-3-10(8)18-12-5-11-16-15-7-17(11)6-14-12/h2-7H,13H2,1H3. The molecule has 0 bridgehead atoms. The lowest BCUT2D eigenvalue weighted by Crippen LogP contribution is -1.94. The van der Waals surface area contributed by atoms with Crippen LogP contribution in [0.1, 0.15) is 5.56 Å². The fourth-order valence-corrected chi connectivity index (χ4v) is 1.67. The van der Waals surface area contributed by atoms with Crippen molar-refractivity contribution in [2.75, 3.05) is 5.73 Å². The maximum absolute atomic E-state index is 5.69. The normalized spacial score (nSPS) is 10.7. The number of nitrogens with zero attached hydrogens (tertiary/aromatic N) is 4. The summed E-state index contributed by atoms with van der Waals surface area (Å²) < 4.78 is 7.40. The van der Waals surface area contributed by atoms with Crippen LogP contribution in [0.15, 0.2) is 36.9 Å². The summed E-state index contributed by atoms with van der Waals surface area (Å²) in [4.78, 5) is 4.17. The molecule has 3 rings (SSSR count). The van der Waals surface area contributed by atoms with Crippen LogP contribution in [0, 0.1) is 6.92 Å². The highest BCUT2D eigenvalue weighted by Gasteiger charge is 2.04. The molecule has 0 saturated carbocycles. The largest absolute Gasteiger partial charge is 0.439 e. The van der Waals surface area contributed by atoms with Gasteiger partial charge in [0.25, 0.3) is 0 Å². The Bertz CT molecular complexity index is 707. The minimum Gasteiger partial charge on any atom is -0.439 e. The van der Waals surface area contributed by atoms with Crippen LogP contribution < -0.4 is 10.5 Å². The van der Waals surface area contributed by atoms with Crippen molar-refractivity contribution in [1.82, 2.24) is 19.6 Å². The van der Waals surface area contributed by atoms with E-state index < -0.39 is 0 Å². The molecule has 0 aliphatic carbocycles. The lowest BCUT2D eigenvalue weighted by atomic mass is 10.2. The highest BCUT2D eigenvalue weighted by molar-refractivity contribution is 5.49. The first-order valence-electron chi connectivity index (χ1n) is 5.42. The van der Waals surface area contributed by atoms with Crippen LogP contribution in [-0.4, -0.2) is 19.6 Å². The van der Waals surface area contributed by atoms with Crippen molar-refractivity contribution in [3.8, 4) is 11.6 Å². The van der Waals surface area contributed by atoms with Crippen LogP contribution in [0.2, 0.25) is 0 Å². The highest BCUT2D eigenvalue weighted by atomic mass is 16.5. The maximum Gasteiger partial charge on any atom is 0.224 e. The molecule has 1 aromatic carbocycles. The Morgan fingerprint density at radius 2 is 2.11 bits per heavy atom. The van der Waals surface area contributed by atoms with Gasteiger partial charge < -0.3 is 10.5 Å². The Morgan fingerprint density at radius 3 is 2.94 bits per heavy atom. The minimum absolute atomic E-state index is 0.475. The maximum atomic E-state index is 5.69. The van der Waals surface area contributed by atoms with Crippen molar-refractivity contribution in [1.29, 1.82) is 0 Å². The fourth-order valence-electron chi connectivity index (χ4n) is 1.67. The second kappa shape index (κ2) is 3.99. The summed E-state index contributed by atoms with van der Waals surface area (Å²) in [5.74, 6) is 1.20. The second-order valence-electron chi connectivity index (χ2n) is 3.95. The smallest absolute Gasteiger partial charge is 0.224 e. The van der Waals surface area contributed by atoms with Crippen molar-refractivity contribution < 1.29 is 4.74 Å². The molecule has 3 aromatic rings. The average Bonchev–Trinajstić information content (AvgIpc) is 2.80. The van der Waals surface area contributed by atoms with Gasteiger partial charge in [-0.3, -0.25) is 4.40 Å². The summed E-state index contributed by atoms with van der Waals surface area (Å²) in [6.07, 6.45) is 3.19. The molecule has 0 amide bonds. The van der Waals surface area contributed by atoms with E-state index >= 15 is 0 Å². The summed E-state index contributed by atoms with van der Waals surface area (Å²) in [5.41, 5.74) is 8.04. The van der Waals surface area contributed by atoms with Crippen LogP contribution in [0.4, 0.5) is 5.69 Å². The molecule has 6 heteroatoms. The molecule has 0 unspecified atom stereocenters. The van der Waals surface area contributed by atoms with Gasteiger partial charge in [-0.1, -0.05) is 0 Å². The SMILES string of the molecule is Cc1cc(N)ccc1Oc1cc2nncn2cn1. The Labute approximate surface area is 103 Å². The summed E-state index contributed by atoms with van der Waals surface area (Å²) in [6.45, 7) is 1.93. The number of hydrogen-bond donors (Lipinski definition) is 1. The van der Waals surface area contributed by atoms with Crippen molar-refractivity contribution >= 4 is 11.3 Å². The predicted octanol–water partition coefficient (Wildman–Crippen LogP) is 1.81. The van der Waals surface area contributed by atoms with Gasteiger partial charge in [-0.2, -0.15) is 0 Å². The van der Waals surface area contributed by atoms with Gasteiger partial charge in [0.15, 0.2) is 5.65 Å². The van der Waals surface area contributed by atoms with Gasteiger partial charge in [0.05, 0.1) is 0 Å². The van der Waals surface area contributed by atoms with E-state index in [1.807, 2.05) is 19.1 Å². The molecule has 0 radical (unpaired) electrons. The zero-order chi connectivity index (χ0) is 12.5. The molecule has 2 N–H and O–H groups in total. The zero-order valence-electron chi connectivity index (χ0n) is 9.74. The number of nitrogens with two attached hydrogens (primary N) is 1. The Morgan fingerprint density at radius 1 is 1.22 bits per heavy atom. The van der Waals surface area contributed by atoms with E-state index in [2.05, 4.69) is 15.2 Å². The van der Waals surface area contributed by atoms with Gasteiger partial charge in [-0.25, -0.2) is 4.98 Å². The predicted molar refractivity (Wildman–Crippen MR) is 66.4 cm³/mol. The topological polar surface area (TPSA) is 78.3 Å². The van der Waals surface area contributed by atoms with E-state index in [1.165, 1.54) is 0 Å². The minimum atomic E-state index is 0.475. The highest BCUT2D eigenvalue weighted by Crippen LogP contribution is 2.25. The third kappa shape index (κ3) is 1.84. The van der Waals surface area contributed by atoms with Gasteiger partial charge >= 0.3 is 0 Å². The first kappa shape index (κ1) is 10.5. The van der Waals surface area contributed by atoms with Crippen molar-refractivity contribution in [3.63, 3.8) is 0 Å². The Balaban J connectivity index is 1.95. The molecule has 6 nitrogen and oxygen atoms in total. The Kier molecular flexibility index (Phi) is 2.33. The number of hydrogen-bond acceptors (Lipinski definition) is 5. The van der Waals surface area contributed by atoms with E-state index in [0.29, 0.717) is 17.2 Å². The van der Waals surface area contributed by atoms with Crippen molar-refractivity contribution in [2.24, 2.45) is 0 Å². The van der Waals surface area contributed by atoms with Gasteiger partial charge in [0.1, 0.15) is 18.4 Å². The van der Waals surface area contributed by atoms with Crippen LogP contribution in [0.3, 0.4) is 0 Å². The summed E-state index contributed by atoms with van der Waals surface area (Å²) >= 11 is 0. The van der Waals surface area contributed by atoms with E-state index in [1.54, 1.807) is 29.2 Å².